The van der Waals surface area contributed by atoms with E-state index in [4.69, 9.17) is 9.15 Å². The van der Waals surface area contributed by atoms with E-state index in [1.807, 2.05) is 62.4 Å². The second-order valence-electron chi connectivity index (χ2n) is 5.16. The van der Waals surface area contributed by atoms with Gasteiger partial charge in [-0.25, -0.2) is 0 Å². The molecule has 1 N–H and O–H groups in total. The average molecular weight is 282 g/mol. The van der Waals surface area contributed by atoms with Crippen LogP contribution in [0.15, 0.2) is 52.9 Å². The Labute approximate surface area is 123 Å². The third-order valence-corrected chi connectivity index (χ3v) is 3.15. The van der Waals surface area contributed by atoms with Crippen LogP contribution in [-0.4, -0.2) is 17.6 Å². The van der Waals surface area contributed by atoms with Crippen molar-refractivity contribution in [3.8, 4) is 5.75 Å². The van der Waals surface area contributed by atoms with Gasteiger partial charge in [0.1, 0.15) is 17.9 Å². The number of hydrogen-bond acceptors (Lipinski definition) is 4. The van der Waals surface area contributed by atoms with Gasteiger partial charge in [-0.15, -0.1) is 0 Å². The zero-order valence-corrected chi connectivity index (χ0v) is 12.2. The van der Waals surface area contributed by atoms with E-state index in [-0.39, 0.29) is 6.04 Å². The molecule has 1 unspecified atom stereocenters. The number of fused-ring (bicyclic) bond motifs is 1. The SMILES string of the molecule is Cc1cccc(OCC(C)Nc2nc3ccccc3o2)c1. The van der Waals surface area contributed by atoms with Crippen molar-refractivity contribution in [3.05, 3.63) is 54.1 Å². The minimum absolute atomic E-state index is 0.0959. The van der Waals surface area contributed by atoms with E-state index in [1.165, 1.54) is 5.56 Å². The third kappa shape index (κ3) is 3.34. The first-order chi connectivity index (χ1) is 10.2. The predicted octanol–water partition coefficient (Wildman–Crippen LogP) is 4.02. The number of anilines is 1. The van der Waals surface area contributed by atoms with E-state index in [0.29, 0.717) is 12.6 Å². The zero-order chi connectivity index (χ0) is 14.7. The molecule has 0 fully saturated rings. The fourth-order valence-electron chi connectivity index (χ4n) is 2.11. The minimum Gasteiger partial charge on any atom is -0.491 e. The smallest absolute Gasteiger partial charge is 0.296 e. The molecule has 0 radical (unpaired) electrons. The number of hydrogen-bond donors (Lipinski definition) is 1. The molecule has 0 aliphatic carbocycles. The summed E-state index contributed by atoms with van der Waals surface area (Å²) in [6.45, 7) is 4.62. The minimum atomic E-state index is 0.0959. The number of benzene rings is 2. The molecule has 2 aromatic carbocycles. The highest BCUT2D eigenvalue weighted by molar-refractivity contribution is 5.74. The van der Waals surface area contributed by atoms with Gasteiger partial charge in [0, 0.05) is 0 Å². The third-order valence-electron chi connectivity index (χ3n) is 3.15. The molecule has 3 aromatic rings. The van der Waals surface area contributed by atoms with Crippen molar-refractivity contribution in [1.82, 2.24) is 4.98 Å². The van der Waals surface area contributed by atoms with E-state index >= 15 is 0 Å². The predicted molar refractivity (Wildman–Crippen MR) is 83.8 cm³/mol. The van der Waals surface area contributed by atoms with Crippen LogP contribution >= 0.6 is 0 Å². The number of nitrogens with one attached hydrogen (secondary N) is 1. The highest BCUT2D eigenvalue weighted by Gasteiger charge is 2.09. The maximum absolute atomic E-state index is 5.76. The van der Waals surface area contributed by atoms with Crippen molar-refractivity contribution in [2.75, 3.05) is 11.9 Å². The molecule has 0 aliphatic rings. The molecule has 21 heavy (non-hydrogen) atoms. The molecule has 3 rings (SSSR count). The molecule has 0 saturated carbocycles. The summed E-state index contributed by atoms with van der Waals surface area (Å²) in [5.74, 6) is 0.876. The van der Waals surface area contributed by atoms with E-state index in [9.17, 15) is 0 Å². The number of aryl methyl sites for hydroxylation is 1. The largest absolute Gasteiger partial charge is 0.491 e. The summed E-state index contributed by atoms with van der Waals surface area (Å²) in [5.41, 5.74) is 2.82. The lowest BCUT2D eigenvalue weighted by molar-refractivity contribution is 0.302. The van der Waals surface area contributed by atoms with Gasteiger partial charge < -0.3 is 14.5 Å². The van der Waals surface area contributed by atoms with Crippen molar-refractivity contribution >= 4 is 17.1 Å². The lowest BCUT2D eigenvalue weighted by Crippen LogP contribution is -2.23. The Morgan fingerprint density at radius 2 is 2.05 bits per heavy atom. The van der Waals surface area contributed by atoms with Crippen LogP contribution in [0.4, 0.5) is 6.01 Å². The summed E-state index contributed by atoms with van der Waals surface area (Å²) >= 11 is 0. The number of aromatic nitrogens is 1. The van der Waals surface area contributed by atoms with Crippen LogP contribution in [0.2, 0.25) is 0 Å². The number of oxazole rings is 1. The fourth-order valence-corrected chi connectivity index (χ4v) is 2.11. The average Bonchev–Trinajstić information content (AvgIpc) is 2.87. The standard InChI is InChI=1S/C17H18N2O2/c1-12-6-5-7-14(10-12)20-11-13(2)18-17-19-15-8-3-4-9-16(15)21-17/h3-10,13H,11H2,1-2H3,(H,18,19). The Morgan fingerprint density at radius 1 is 1.19 bits per heavy atom. The topological polar surface area (TPSA) is 47.3 Å². The molecule has 1 atom stereocenters. The zero-order valence-electron chi connectivity index (χ0n) is 12.2. The summed E-state index contributed by atoms with van der Waals surface area (Å²) in [7, 11) is 0. The van der Waals surface area contributed by atoms with Crippen LogP contribution in [-0.2, 0) is 0 Å². The summed E-state index contributed by atoms with van der Waals surface area (Å²) in [4.78, 5) is 4.39. The second kappa shape index (κ2) is 5.87. The summed E-state index contributed by atoms with van der Waals surface area (Å²) in [6.07, 6.45) is 0. The molecule has 1 aromatic heterocycles. The molecule has 0 amide bonds. The van der Waals surface area contributed by atoms with E-state index in [0.717, 1.165) is 16.8 Å². The van der Waals surface area contributed by atoms with Gasteiger partial charge in [0.15, 0.2) is 5.58 Å². The monoisotopic (exact) mass is 282 g/mol. The Morgan fingerprint density at radius 3 is 2.86 bits per heavy atom. The highest BCUT2D eigenvalue weighted by atomic mass is 16.5. The van der Waals surface area contributed by atoms with Crippen LogP contribution in [0, 0.1) is 6.92 Å². The molecule has 4 nitrogen and oxygen atoms in total. The van der Waals surface area contributed by atoms with Crippen molar-refractivity contribution in [3.63, 3.8) is 0 Å². The second-order valence-corrected chi connectivity index (χ2v) is 5.16. The van der Waals surface area contributed by atoms with Gasteiger partial charge in [-0.1, -0.05) is 24.3 Å². The summed E-state index contributed by atoms with van der Waals surface area (Å²) in [5, 5.41) is 3.21. The van der Waals surface area contributed by atoms with E-state index in [1.54, 1.807) is 0 Å². The molecule has 1 heterocycles. The van der Waals surface area contributed by atoms with Crippen LogP contribution in [0.3, 0.4) is 0 Å². The highest BCUT2D eigenvalue weighted by Crippen LogP contribution is 2.19. The molecular formula is C17H18N2O2. The molecule has 0 spiro atoms. The van der Waals surface area contributed by atoms with Crippen molar-refractivity contribution in [2.45, 2.75) is 19.9 Å². The first kappa shape index (κ1) is 13.5. The first-order valence-electron chi connectivity index (χ1n) is 7.02. The molecular weight excluding hydrogens is 264 g/mol. The number of rotatable bonds is 5. The number of para-hydroxylation sites is 2. The van der Waals surface area contributed by atoms with E-state index < -0.39 is 0 Å². The fraction of sp³-hybridized carbons (Fsp3) is 0.235. The molecule has 0 bridgehead atoms. The van der Waals surface area contributed by atoms with Gasteiger partial charge in [0.25, 0.3) is 6.01 Å². The summed E-state index contributed by atoms with van der Waals surface area (Å²) in [6, 6.07) is 16.3. The van der Waals surface area contributed by atoms with Gasteiger partial charge >= 0.3 is 0 Å². The number of nitrogens with zero attached hydrogens (tertiary/aromatic N) is 1. The quantitative estimate of drug-likeness (QED) is 0.768. The Kier molecular flexibility index (Phi) is 3.77. The molecule has 0 saturated heterocycles. The van der Waals surface area contributed by atoms with E-state index in [2.05, 4.69) is 10.3 Å². The molecule has 0 aliphatic heterocycles. The maximum Gasteiger partial charge on any atom is 0.296 e. The lowest BCUT2D eigenvalue weighted by Gasteiger charge is -2.13. The van der Waals surface area contributed by atoms with Crippen LogP contribution < -0.4 is 10.1 Å². The first-order valence-corrected chi connectivity index (χ1v) is 7.02. The van der Waals surface area contributed by atoms with Gasteiger partial charge in [-0.05, 0) is 43.7 Å². The van der Waals surface area contributed by atoms with Crippen molar-refractivity contribution < 1.29 is 9.15 Å². The van der Waals surface area contributed by atoms with Crippen molar-refractivity contribution in [1.29, 1.82) is 0 Å². The Hall–Kier alpha value is -2.49. The number of ether oxygens (including phenoxy) is 1. The van der Waals surface area contributed by atoms with Gasteiger partial charge in [0.2, 0.25) is 0 Å². The van der Waals surface area contributed by atoms with Gasteiger partial charge in [0.05, 0.1) is 6.04 Å². The Bertz CT molecular complexity index is 703. The lowest BCUT2D eigenvalue weighted by atomic mass is 10.2. The molecule has 108 valence electrons. The molecule has 4 heteroatoms. The Balaban J connectivity index is 1.59. The van der Waals surface area contributed by atoms with Gasteiger partial charge in [-0.3, -0.25) is 0 Å². The summed E-state index contributed by atoms with van der Waals surface area (Å²) < 4.78 is 11.4. The van der Waals surface area contributed by atoms with Crippen LogP contribution in [0.5, 0.6) is 5.75 Å². The maximum atomic E-state index is 5.76. The van der Waals surface area contributed by atoms with Gasteiger partial charge in [-0.2, -0.15) is 4.98 Å². The van der Waals surface area contributed by atoms with Crippen LogP contribution in [0.25, 0.3) is 11.1 Å². The van der Waals surface area contributed by atoms with Crippen LogP contribution in [0.1, 0.15) is 12.5 Å². The normalized spacial score (nSPS) is 12.3. The van der Waals surface area contributed by atoms with Crippen molar-refractivity contribution in [2.24, 2.45) is 0 Å².